The summed E-state index contributed by atoms with van der Waals surface area (Å²) < 4.78 is 5.25. The smallest absolute Gasteiger partial charge is 0.259 e. The van der Waals surface area contributed by atoms with Gasteiger partial charge in [0.15, 0.2) is 5.17 Å². The lowest BCUT2D eigenvalue weighted by atomic mass is 10.1. The first-order valence-corrected chi connectivity index (χ1v) is 13.9. The highest BCUT2D eigenvalue weighted by molar-refractivity contribution is 8.15. The number of rotatable bonds is 9. The molecule has 40 heavy (non-hydrogen) atoms. The van der Waals surface area contributed by atoms with Gasteiger partial charge in [-0.3, -0.25) is 19.4 Å². The van der Waals surface area contributed by atoms with Crippen molar-refractivity contribution in [1.29, 1.82) is 0 Å². The number of thioether (sulfide) groups is 1. The molecule has 3 amide bonds. The van der Waals surface area contributed by atoms with Crippen molar-refractivity contribution in [2.75, 3.05) is 12.4 Å². The van der Waals surface area contributed by atoms with Crippen molar-refractivity contribution >= 4 is 51.9 Å². The Morgan fingerprint density at radius 1 is 1.05 bits per heavy atom. The number of nitrogens with zero attached hydrogens (tertiary/aromatic N) is 3. The van der Waals surface area contributed by atoms with Gasteiger partial charge in [-0.05, 0) is 36.2 Å². The zero-order chi connectivity index (χ0) is 28.1. The molecule has 9 nitrogen and oxygen atoms in total. The molecule has 2 aliphatic rings. The normalized spacial score (nSPS) is 16.3. The molecule has 3 aromatic carbocycles. The Morgan fingerprint density at radius 2 is 1.82 bits per heavy atom. The Morgan fingerprint density at radius 3 is 2.60 bits per heavy atom. The van der Waals surface area contributed by atoms with E-state index in [0.717, 1.165) is 5.56 Å². The van der Waals surface area contributed by atoms with Crippen molar-refractivity contribution in [3.05, 3.63) is 90.0 Å². The zero-order valence-corrected chi connectivity index (χ0v) is 23.0. The third-order valence-electron chi connectivity index (χ3n) is 6.51. The topological polar surface area (TPSA) is 112 Å². The molecule has 3 aromatic rings. The number of para-hydroxylation sites is 1. The highest BCUT2D eigenvalue weighted by Crippen LogP contribution is 2.36. The molecule has 0 spiro atoms. The number of anilines is 1. The Labute approximate surface area is 236 Å². The number of amidine groups is 2. The second kappa shape index (κ2) is 12.2. The first-order valence-electron chi connectivity index (χ1n) is 13.0. The fourth-order valence-corrected chi connectivity index (χ4v) is 5.45. The highest BCUT2D eigenvalue weighted by atomic mass is 32.2. The summed E-state index contributed by atoms with van der Waals surface area (Å²) in [5.74, 6) is 0.254. The molecule has 0 bridgehead atoms. The lowest BCUT2D eigenvalue weighted by Crippen LogP contribution is -2.43. The summed E-state index contributed by atoms with van der Waals surface area (Å²) in [6.45, 7) is 2.27. The molecule has 0 radical (unpaired) electrons. The van der Waals surface area contributed by atoms with E-state index in [9.17, 15) is 14.4 Å². The summed E-state index contributed by atoms with van der Waals surface area (Å²) in [5, 5.41) is 5.63. The number of hydrogen-bond donors (Lipinski definition) is 2. The van der Waals surface area contributed by atoms with Gasteiger partial charge in [-0.1, -0.05) is 67.2 Å². The van der Waals surface area contributed by atoms with Gasteiger partial charge in [-0.15, -0.1) is 0 Å². The second-order valence-electron chi connectivity index (χ2n) is 9.26. The van der Waals surface area contributed by atoms with Crippen LogP contribution in [0, 0.1) is 0 Å². The SMILES string of the molecule is CC[C@@H](SC1=Nc2ccccc2C2=N[C@H](CC(=O)NCc3ccccc3)C(=O)N12)C(=O)Nc1cccc(OC)c1. The van der Waals surface area contributed by atoms with Gasteiger partial charge < -0.3 is 15.4 Å². The minimum Gasteiger partial charge on any atom is -0.497 e. The molecule has 2 atom stereocenters. The van der Waals surface area contributed by atoms with Crippen LogP contribution in [0.15, 0.2) is 88.8 Å². The number of hydrogen-bond acceptors (Lipinski definition) is 7. The van der Waals surface area contributed by atoms with E-state index < -0.39 is 11.3 Å². The molecule has 0 saturated carbocycles. The van der Waals surface area contributed by atoms with E-state index in [1.165, 1.54) is 16.7 Å². The Kier molecular flexibility index (Phi) is 8.26. The van der Waals surface area contributed by atoms with Crippen molar-refractivity contribution in [3.63, 3.8) is 0 Å². The van der Waals surface area contributed by atoms with E-state index in [-0.39, 0.29) is 24.1 Å². The molecule has 2 N–H and O–H groups in total. The summed E-state index contributed by atoms with van der Waals surface area (Å²) in [6.07, 6.45) is 0.417. The number of methoxy groups -OCH3 is 1. The molecule has 5 rings (SSSR count). The number of fused-ring (bicyclic) bond motifs is 3. The Balaban J connectivity index is 1.33. The van der Waals surface area contributed by atoms with Gasteiger partial charge >= 0.3 is 0 Å². The predicted octanol–water partition coefficient (Wildman–Crippen LogP) is 4.51. The van der Waals surface area contributed by atoms with Crippen molar-refractivity contribution in [2.24, 2.45) is 9.98 Å². The van der Waals surface area contributed by atoms with Crippen LogP contribution in [0.3, 0.4) is 0 Å². The third kappa shape index (κ3) is 5.91. The van der Waals surface area contributed by atoms with Crippen molar-refractivity contribution in [1.82, 2.24) is 10.2 Å². The van der Waals surface area contributed by atoms with Crippen molar-refractivity contribution in [3.8, 4) is 5.75 Å². The summed E-state index contributed by atoms with van der Waals surface area (Å²) in [5.41, 5.74) is 2.95. The first kappa shape index (κ1) is 27.1. The Hall–Kier alpha value is -4.44. The third-order valence-corrected chi connectivity index (χ3v) is 7.82. The molecule has 0 aliphatic carbocycles. The standard InChI is InChI=1S/C30H29N5O4S/c1-3-25(28(37)32-20-12-9-13-21(16-20)39-2)40-30-34-23-15-8-7-14-22(23)27-33-24(29(38)35(27)30)17-26(36)31-18-19-10-5-4-6-11-19/h4-16,24-25H,3,17-18H2,1-2H3,(H,31,36)(H,32,37)/t24-,25-/m1/s1. The van der Waals surface area contributed by atoms with E-state index in [0.29, 0.717) is 46.7 Å². The maximum Gasteiger partial charge on any atom is 0.259 e. The van der Waals surface area contributed by atoms with Crippen LogP contribution in [0.5, 0.6) is 5.75 Å². The fourth-order valence-electron chi connectivity index (χ4n) is 4.43. The van der Waals surface area contributed by atoms with Crippen LogP contribution in [0.25, 0.3) is 0 Å². The van der Waals surface area contributed by atoms with E-state index in [2.05, 4.69) is 15.6 Å². The van der Waals surface area contributed by atoms with Crippen LogP contribution in [-0.2, 0) is 20.9 Å². The summed E-state index contributed by atoms with van der Waals surface area (Å²) >= 11 is 1.21. The van der Waals surface area contributed by atoms with Gasteiger partial charge in [0.25, 0.3) is 5.91 Å². The predicted molar refractivity (Wildman–Crippen MR) is 157 cm³/mol. The van der Waals surface area contributed by atoms with E-state index in [1.807, 2.05) is 61.5 Å². The molecular weight excluding hydrogens is 526 g/mol. The first-order chi connectivity index (χ1) is 19.5. The monoisotopic (exact) mass is 555 g/mol. The molecule has 2 aliphatic heterocycles. The molecule has 204 valence electrons. The zero-order valence-electron chi connectivity index (χ0n) is 22.2. The minimum atomic E-state index is -0.881. The Bertz CT molecular complexity index is 1490. The van der Waals surface area contributed by atoms with E-state index >= 15 is 0 Å². The van der Waals surface area contributed by atoms with Gasteiger partial charge in [0.2, 0.25) is 11.8 Å². The van der Waals surface area contributed by atoms with Crippen molar-refractivity contribution < 1.29 is 19.1 Å². The van der Waals surface area contributed by atoms with Crippen LogP contribution in [0.4, 0.5) is 11.4 Å². The summed E-state index contributed by atoms with van der Waals surface area (Å²) in [4.78, 5) is 50.4. The second-order valence-corrected chi connectivity index (χ2v) is 10.4. The van der Waals surface area contributed by atoms with Crippen LogP contribution in [-0.4, -0.2) is 52.0 Å². The number of carbonyl (C=O) groups excluding carboxylic acids is 3. The fraction of sp³-hybridized carbons (Fsp3) is 0.233. The van der Waals surface area contributed by atoms with Gasteiger partial charge in [-0.25, -0.2) is 9.89 Å². The molecule has 0 unspecified atom stereocenters. The molecule has 0 saturated heterocycles. The molecule has 10 heteroatoms. The van der Waals surface area contributed by atoms with Crippen LogP contribution < -0.4 is 15.4 Å². The van der Waals surface area contributed by atoms with Gasteiger partial charge in [0.1, 0.15) is 17.6 Å². The van der Waals surface area contributed by atoms with Crippen molar-refractivity contribution in [2.45, 2.75) is 37.6 Å². The van der Waals surface area contributed by atoms with E-state index in [4.69, 9.17) is 9.73 Å². The number of benzene rings is 3. The van der Waals surface area contributed by atoms with Crippen LogP contribution >= 0.6 is 11.8 Å². The largest absolute Gasteiger partial charge is 0.497 e. The van der Waals surface area contributed by atoms with E-state index in [1.54, 1.807) is 31.4 Å². The number of aliphatic imine (C=N–C) groups is 2. The van der Waals surface area contributed by atoms with Gasteiger partial charge in [0, 0.05) is 23.9 Å². The molecule has 0 fully saturated rings. The number of carbonyl (C=O) groups is 3. The molecular formula is C30H29N5O4S. The van der Waals surface area contributed by atoms with Gasteiger partial charge in [0.05, 0.1) is 24.5 Å². The quantitative estimate of drug-likeness (QED) is 0.404. The lowest BCUT2D eigenvalue weighted by Gasteiger charge is -2.27. The number of amides is 3. The summed E-state index contributed by atoms with van der Waals surface area (Å²) in [6, 6.07) is 23.2. The summed E-state index contributed by atoms with van der Waals surface area (Å²) in [7, 11) is 1.57. The average molecular weight is 556 g/mol. The number of nitrogens with one attached hydrogen (secondary N) is 2. The highest BCUT2D eigenvalue weighted by Gasteiger charge is 2.43. The molecule has 0 aromatic heterocycles. The van der Waals surface area contributed by atoms with Gasteiger partial charge in [-0.2, -0.15) is 0 Å². The average Bonchev–Trinajstić information content (AvgIpc) is 3.31. The number of ether oxygens (including phenoxy) is 1. The lowest BCUT2D eigenvalue weighted by molar-refractivity contribution is -0.128. The van der Waals surface area contributed by atoms with Crippen LogP contribution in [0.2, 0.25) is 0 Å². The minimum absolute atomic E-state index is 0.0840. The van der Waals surface area contributed by atoms with Crippen LogP contribution in [0.1, 0.15) is 30.9 Å². The maximum absolute atomic E-state index is 13.6. The maximum atomic E-state index is 13.6. The molecule has 2 heterocycles.